The molecule has 2 heteroatoms. The zero-order chi connectivity index (χ0) is 14.2. The van der Waals surface area contributed by atoms with E-state index in [4.69, 9.17) is 17.3 Å². The first-order valence-electron chi connectivity index (χ1n) is 6.50. The van der Waals surface area contributed by atoms with E-state index >= 15 is 0 Å². The molecular formula is C17H20ClN. The molecule has 0 heterocycles. The van der Waals surface area contributed by atoms with Gasteiger partial charge in [0.05, 0.1) is 6.04 Å². The summed E-state index contributed by atoms with van der Waals surface area (Å²) < 4.78 is 0. The van der Waals surface area contributed by atoms with E-state index in [1.165, 1.54) is 22.3 Å². The highest BCUT2D eigenvalue weighted by Crippen LogP contribution is 2.32. The zero-order valence-corrected chi connectivity index (χ0v) is 12.7. The van der Waals surface area contributed by atoms with E-state index in [1.807, 2.05) is 25.1 Å². The maximum Gasteiger partial charge on any atom is 0.0571 e. The third kappa shape index (κ3) is 2.68. The second-order valence-electron chi connectivity index (χ2n) is 5.27. The summed E-state index contributed by atoms with van der Waals surface area (Å²) >= 11 is 6.39. The summed E-state index contributed by atoms with van der Waals surface area (Å²) in [6.45, 7) is 8.33. The number of aryl methyl sites for hydroxylation is 4. The van der Waals surface area contributed by atoms with Crippen LogP contribution in [0, 0.1) is 27.7 Å². The van der Waals surface area contributed by atoms with Crippen LogP contribution in [0.25, 0.3) is 0 Å². The third-order valence-electron chi connectivity index (χ3n) is 3.61. The van der Waals surface area contributed by atoms with Crippen LogP contribution in [-0.4, -0.2) is 0 Å². The predicted octanol–water partition coefficient (Wildman–Crippen LogP) is 4.62. The van der Waals surface area contributed by atoms with Gasteiger partial charge in [-0.15, -0.1) is 0 Å². The molecule has 1 atom stereocenters. The largest absolute Gasteiger partial charge is 0.320 e. The molecule has 2 aromatic rings. The summed E-state index contributed by atoms with van der Waals surface area (Å²) in [5, 5.41) is 0.773. The highest BCUT2D eigenvalue weighted by atomic mass is 35.5. The smallest absolute Gasteiger partial charge is 0.0571 e. The Morgan fingerprint density at radius 1 is 0.947 bits per heavy atom. The average molecular weight is 274 g/mol. The summed E-state index contributed by atoms with van der Waals surface area (Å²) in [5.74, 6) is 0. The number of nitrogens with two attached hydrogens (primary N) is 1. The maximum atomic E-state index is 6.45. The van der Waals surface area contributed by atoms with Gasteiger partial charge in [-0.3, -0.25) is 0 Å². The van der Waals surface area contributed by atoms with Crippen LogP contribution in [0.3, 0.4) is 0 Å². The molecule has 0 radical (unpaired) electrons. The molecule has 0 aliphatic rings. The SMILES string of the molecule is Cc1cc(C)c(C(N)c2cccc(C)c2Cl)c(C)c1. The van der Waals surface area contributed by atoms with Crippen LogP contribution in [0.2, 0.25) is 5.02 Å². The topological polar surface area (TPSA) is 26.0 Å². The lowest BCUT2D eigenvalue weighted by Crippen LogP contribution is -2.16. The molecule has 2 aromatic carbocycles. The molecule has 0 aromatic heterocycles. The van der Waals surface area contributed by atoms with Gasteiger partial charge in [-0.25, -0.2) is 0 Å². The van der Waals surface area contributed by atoms with Gasteiger partial charge >= 0.3 is 0 Å². The fourth-order valence-corrected chi connectivity index (χ4v) is 2.99. The molecule has 100 valence electrons. The van der Waals surface area contributed by atoms with E-state index in [0.717, 1.165) is 16.1 Å². The molecule has 0 bridgehead atoms. The van der Waals surface area contributed by atoms with Crippen LogP contribution in [0.15, 0.2) is 30.3 Å². The van der Waals surface area contributed by atoms with Crippen LogP contribution in [0.1, 0.15) is 39.4 Å². The van der Waals surface area contributed by atoms with Gasteiger partial charge in [0.1, 0.15) is 0 Å². The van der Waals surface area contributed by atoms with Crippen molar-refractivity contribution in [2.24, 2.45) is 5.73 Å². The fourth-order valence-electron chi connectivity index (χ4n) is 2.75. The second kappa shape index (κ2) is 5.36. The molecule has 0 aliphatic carbocycles. The van der Waals surface area contributed by atoms with Crippen molar-refractivity contribution in [3.05, 3.63) is 68.7 Å². The summed E-state index contributed by atoms with van der Waals surface area (Å²) in [6, 6.07) is 10.2. The number of hydrogen-bond donors (Lipinski definition) is 1. The van der Waals surface area contributed by atoms with Crippen molar-refractivity contribution < 1.29 is 0 Å². The lowest BCUT2D eigenvalue weighted by atomic mass is 9.90. The Kier molecular flexibility index (Phi) is 3.98. The van der Waals surface area contributed by atoms with Crippen molar-refractivity contribution in [1.82, 2.24) is 0 Å². The molecule has 1 unspecified atom stereocenters. The summed E-state index contributed by atoms with van der Waals surface area (Å²) in [7, 11) is 0. The minimum Gasteiger partial charge on any atom is -0.320 e. The normalized spacial score (nSPS) is 12.5. The van der Waals surface area contributed by atoms with Crippen LogP contribution in [0.4, 0.5) is 0 Å². The van der Waals surface area contributed by atoms with Gasteiger partial charge in [-0.05, 0) is 55.5 Å². The summed E-state index contributed by atoms with van der Waals surface area (Å²) in [4.78, 5) is 0. The van der Waals surface area contributed by atoms with E-state index in [2.05, 4.69) is 32.9 Å². The van der Waals surface area contributed by atoms with Crippen LogP contribution in [0.5, 0.6) is 0 Å². The lowest BCUT2D eigenvalue weighted by Gasteiger charge is -2.20. The van der Waals surface area contributed by atoms with Gasteiger partial charge in [0.2, 0.25) is 0 Å². The van der Waals surface area contributed by atoms with Crippen molar-refractivity contribution in [3.8, 4) is 0 Å². The molecule has 0 amide bonds. The van der Waals surface area contributed by atoms with Crippen molar-refractivity contribution in [2.75, 3.05) is 0 Å². The van der Waals surface area contributed by atoms with Gasteiger partial charge in [0.25, 0.3) is 0 Å². The number of hydrogen-bond acceptors (Lipinski definition) is 1. The van der Waals surface area contributed by atoms with Crippen molar-refractivity contribution in [2.45, 2.75) is 33.7 Å². The lowest BCUT2D eigenvalue weighted by molar-refractivity contribution is 0.849. The highest BCUT2D eigenvalue weighted by molar-refractivity contribution is 6.32. The number of benzene rings is 2. The molecule has 19 heavy (non-hydrogen) atoms. The first kappa shape index (κ1) is 14.1. The highest BCUT2D eigenvalue weighted by Gasteiger charge is 2.17. The molecule has 0 aliphatic heterocycles. The third-order valence-corrected chi connectivity index (χ3v) is 4.12. The van der Waals surface area contributed by atoms with E-state index < -0.39 is 0 Å². The van der Waals surface area contributed by atoms with Crippen LogP contribution >= 0.6 is 11.6 Å². The van der Waals surface area contributed by atoms with E-state index in [0.29, 0.717) is 0 Å². The Morgan fingerprint density at radius 2 is 1.53 bits per heavy atom. The standard InChI is InChI=1S/C17H20ClN/c1-10-8-12(3)15(13(4)9-10)17(19)14-7-5-6-11(2)16(14)18/h5-9,17H,19H2,1-4H3. The minimum atomic E-state index is -0.173. The van der Waals surface area contributed by atoms with Crippen molar-refractivity contribution in [1.29, 1.82) is 0 Å². The van der Waals surface area contributed by atoms with E-state index in [1.54, 1.807) is 0 Å². The monoisotopic (exact) mass is 273 g/mol. The second-order valence-corrected chi connectivity index (χ2v) is 5.65. The van der Waals surface area contributed by atoms with Gasteiger partial charge in [0.15, 0.2) is 0 Å². The summed E-state index contributed by atoms with van der Waals surface area (Å²) in [5.41, 5.74) is 13.4. The fraction of sp³-hybridized carbons (Fsp3) is 0.294. The van der Waals surface area contributed by atoms with E-state index in [-0.39, 0.29) is 6.04 Å². The van der Waals surface area contributed by atoms with Gasteiger partial charge < -0.3 is 5.73 Å². The Labute approximate surface area is 120 Å². The summed E-state index contributed by atoms with van der Waals surface area (Å²) in [6.07, 6.45) is 0. The van der Waals surface area contributed by atoms with Gasteiger partial charge in [-0.2, -0.15) is 0 Å². The molecule has 2 N–H and O–H groups in total. The van der Waals surface area contributed by atoms with Gasteiger partial charge in [0, 0.05) is 5.02 Å². The molecule has 2 rings (SSSR count). The predicted molar refractivity (Wildman–Crippen MR) is 82.9 cm³/mol. The molecule has 0 saturated heterocycles. The molecule has 0 fully saturated rings. The average Bonchev–Trinajstić information content (AvgIpc) is 2.31. The quantitative estimate of drug-likeness (QED) is 0.849. The molecule has 1 nitrogen and oxygen atoms in total. The Hall–Kier alpha value is -1.31. The van der Waals surface area contributed by atoms with Crippen molar-refractivity contribution in [3.63, 3.8) is 0 Å². The molecule has 0 saturated carbocycles. The first-order chi connectivity index (χ1) is 8.91. The number of halogens is 1. The zero-order valence-electron chi connectivity index (χ0n) is 11.9. The van der Waals surface area contributed by atoms with Crippen molar-refractivity contribution >= 4 is 11.6 Å². The Balaban J connectivity index is 2.56. The Morgan fingerprint density at radius 3 is 2.11 bits per heavy atom. The van der Waals surface area contributed by atoms with E-state index in [9.17, 15) is 0 Å². The maximum absolute atomic E-state index is 6.45. The molecular weight excluding hydrogens is 254 g/mol. The minimum absolute atomic E-state index is 0.173. The Bertz CT molecular complexity index is 594. The van der Waals surface area contributed by atoms with Crippen LogP contribution in [-0.2, 0) is 0 Å². The number of rotatable bonds is 2. The van der Waals surface area contributed by atoms with Crippen LogP contribution < -0.4 is 5.73 Å². The van der Waals surface area contributed by atoms with Gasteiger partial charge in [-0.1, -0.05) is 47.5 Å². The molecule has 0 spiro atoms. The first-order valence-corrected chi connectivity index (χ1v) is 6.88.